The molecule has 0 saturated carbocycles. The standard InChI is InChI=1S/C9H12N2O4S/c12-9(13)10-6-7-11-16(14,15)8-4-2-1-3-5-8/h1-5,10-11H,6-7H2,(H,12,13). The number of sulfonamides is 1. The van der Waals surface area contributed by atoms with E-state index in [2.05, 4.69) is 10.0 Å². The van der Waals surface area contributed by atoms with Crippen molar-refractivity contribution >= 4 is 16.1 Å². The van der Waals surface area contributed by atoms with Crippen molar-refractivity contribution in [3.63, 3.8) is 0 Å². The molecule has 7 heteroatoms. The molecule has 0 aliphatic carbocycles. The Hall–Kier alpha value is -1.60. The van der Waals surface area contributed by atoms with Crippen LogP contribution in [0.15, 0.2) is 35.2 Å². The third kappa shape index (κ3) is 3.87. The highest BCUT2D eigenvalue weighted by Gasteiger charge is 2.11. The summed E-state index contributed by atoms with van der Waals surface area (Å²) in [5.41, 5.74) is 0. The molecule has 0 fully saturated rings. The lowest BCUT2D eigenvalue weighted by molar-refractivity contribution is 0.194. The van der Waals surface area contributed by atoms with E-state index >= 15 is 0 Å². The van der Waals surface area contributed by atoms with E-state index in [1.54, 1.807) is 18.2 Å². The molecule has 0 radical (unpaired) electrons. The maximum absolute atomic E-state index is 11.6. The lowest BCUT2D eigenvalue weighted by Gasteiger charge is -2.06. The van der Waals surface area contributed by atoms with E-state index in [1.807, 2.05) is 0 Å². The molecule has 0 aliphatic heterocycles. The Morgan fingerprint density at radius 2 is 1.81 bits per heavy atom. The van der Waals surface area contributed by atoms with Crippen LogP contribution < -0.4 is 10.0 Å². The van der Waals surface area contributed by atoms with Gasteiger partial charge in [-0.1, -0.05) is 18.2 Å². The average molecular weight is 244 g/mol. The van der Waals surface area contributed by atoms with Crippen molar-refractivity contribution in [2.24, 2.45) is 0 Å². The van der Waals surface area contributed by atoms with Crippen LogP contribution in [-0.4, -0.2) is 32.7 Å². The van der Waals surface area contributed by atoms with Crippen molar-refractivity contribution in [1.82, 2.24) is 10.0 Å². The predicted octanol–water partition coefficient (Wildman–Crippen LogP) is 0.232. The fourth-order valence-corrected chi connectivity index (χ4v) is 2.09. The molecule has 0 aromatic heterocycles. The summed E-state index contributed by atoms with van der Waals surface area (Å²) in [5, 5.41) is 10.3. The Morgan fingerprint density at radius 1 is 1.19 bits per heavy atom. The van der Waals surface area contributed by atoms with Crippen molar-refractivity contribution < 1.29 is 18.3 Å². The van der Waals surface area contributed by atoms with Gasteiger partial charge in [-0.2, -0.15) is 0 Å². The SMILES string of the molecule is O=C(O)NCCNS(=O)(=O)c1ccccc1. The molecule has 0 aliphatic rings. The third-order valence-electron chi connectivity index (χ3n) is 1.75. The first-order valence-electron chi connectivity index (χ1n) is 4.54. The minimum Gasteiger partial charge on any atom is -0.465 e. The molecule has 1 aromatic rings. The molecule has 1 amide bonds. The molecule has 1 aromatic carbocycles. The molecule has 1 rings (SSSR count). The summed E-state index contributed by atoms with van der Waals surface area (Å²) in [7, 11) is -3.54. The van der Waals surface area contributed by atoms with Crippen LogP contribution in [0.4, 0.5) is 4.79 Å². The van der Waals surface area contributed by atoms with Crippen LogP contribution in [0.25, 0.3) is 0 Å². The molecule has 0 heterocycles. The topological polar surface area (TPSA) is 95.5 Å². The molecular weight excluding hydrogens is 232 g/mol. The number of amides is 1. The van der Waals surface area contributed by atoms with Gasteiger partial charge in [0, 0.05) is 13.1 Å². The van der Waals surface area contributed by atoms with E-state index in [0.29, 0.717) is 0 Å². The Labute approximate surface area is 93.3 Å². The number of hydrogen-bond acceptors (Lipinski definition) is 3. The summed E-state index contributed by atoms with van der Waals surface area (Å²) in [6, 6.07) is 7.87. The molecule has 0 saturated heterocycles. The van der Waals surface area contributed by atoms with Gasteiger partial charge in [0.25, 0.3) is 0 Å². The summed E-state index contributed by atoms with van der Waals surface area (Å²) < 4.78 is 25.5. The Balaban J connectivity index is 2.51. The maximum atomic E-state index is 11.6. The van der Waals surface area contributed by atoms with Gasteiger partial charge in [-0.05, 0) is 12.1 Å². The number of benzene rings is 1. The Morgan fingerprint density at radius 3 is 2.38 bits per heavy atom. The van der Waals surface area contributed by atoms with Crippen LogP contribution >= 0.6 is 0 Å². The van der Waals surface area contributed by atoms with E-state index in [-0.39, 0.29) is 18.0 Å². The quantitative estimate of drug-likeness (QED) is 0.646. The first-order chi connectivity index (χ1) is 7.52. The summed E-state index contributed by atoms with van der Waals surface area (Å²) in [6.07, 6.45) is -1.18. The van der Waals surface area contributed by atoms with Gasteiger partial charge in [-0.25, -0.2) is 17.9 Å². The van der Waals surface area contributed by atoms with Crippen LogP contribution in [0.2, 0.25) is 0 Å². The van der Waals surface area contributed by atoms with Crippen LogP contribution in [0, 0.1) is 0 Å². The molecule has 0 atom stereocenters. The molecule has 0 unspecified atom stereocenters. The zero-order chi connectivity index (χ0) is 12.0. The van der Waals surface area contributed by atoms with Crippen molar-refractivity contribution in [2.75, 3.05) is 13.1 Å². The van der Waals surface area contributed by atoms with Crippen LogP contribution in [-0.2, 0) is 10.0 Å². The first-order valence-corrected chi connectivity index (χ1v) is 6.02. The molecule has 0 spiro atoms. The van der Waals surface area contributed by atoms with Crippen molar-refractivity contribution in [3.8, 4) is 0 Å². The maximum Gasteiger partial charge on any atom is 0.404 e. The summed E-state index contributed by atoms with van der Waals surface area (Å²) in [5.74, 6) is 0. The van der Waals surface area contributed by atoms with Gasteiger partial charge in [0.2, 0.25) is 10.0 Å². The number of carbonyl (C=O) groups is 1. The van der Waals surface area contributed by atoms with Crippen molar-refractivity contribution in [1.29, 1.82) is 0 Å². The molecular formula is C9H12N2O4S. The fourth-order valence-electron chi connectivity index (χ4n) is 1.04. The largest absolute Gasteiger partial charge is 0.465 e. The highest BCUT2D eigenvalue weighted by Crippen LogP contribution is 2.06. The first kappa shape index (κ1) is 12.5. The van der Waals surface area contributed by atoms with Gasteiger partial charge in [0.15, 0.2) is 0 Å². The smallest absolute Gasteiger partial charge is 0.404 e. The van der Waals surface area contributed by atoms with E-state index in [9.17, 15) is 13.2 Å². The normalized spacial score (nSPS) is 11.0. The minimum atomic E-state index is -3.54. The summed E-state index contributed by atoms with van der Waals surface area (Å²) >= 11 is 0. The lowest BCUT2D eigenvalue weighted by Crippen LogP contribution is -2.33. The minimum absolute atomic E-state index is 0.0174. The van der Waals surface area contributed by atoms with E-state index in [4.69, 9.17) is 5.11 Å². The van der Waals surface area contributed by atoms with Gasteiger partial charge >= 0.3 is 6.09 Å². The molecule has 88 valence electrons. The van der Waals surface area contributed by atoms with Crippen LogP contribution in [0.5, 0.6) is 0 Å². The monoisotopic (exact) mass is 244 g/mol. The Kier molecular flexibility index (Phi) is 4.27. The predicted molar refractivity (Wildman–Crippen MR) is 57.7 cm³/mol. The number of nitrogens with one attached hydrogen (secondary N) is 2. The number of rotatable bonds is 5. The van der Waals surface area contributed by atoms with Gasteiger partial charge < -0.3 is 10.4 Å². The zero-order valence-corrected chi connectivity index (χ0v) is 9.20. The van der Waals surface area contributed by atoms with Crippen LogP contribution in [0.3, 0.4) is 0 Å². The fraction of sp³-hybridized carbons (Fsp3) is 0.222. The van der Waals surface area contributed by atoms with E-state index in [1.165, 1.54) is 12.1 Å². The number of hydrogen-bond donors (Lipinski definition) is 3. The second kappa shape index (κ2) is 5.47. The van der Waals surface area contributed by atoms with Gasteiger partial charge in [0.05, 0.1) is 4.90 Å². The Bertz CT molecular complexity index is 444. The van der Waals surface area contributed by atoms with E-state index < -0.39 is 16.1 Å². The average Bonchev–Trinajstić information content (AvgIpc) is 2.26. The molecule has 6 nitrogen and oxygen atoms in total. The van der Waals surface area contributed by atoms with Gasteiger partial charge in [0.1, 0.15) is 0 Å². The summed E-state index contributed by atoms with van der Waals surface area (Å²) in [6.45, 7) is 0.0466. The lowest BCUT2D eigenvalue weighted by atomic mass is 10.4. The van der Waals surface area contributed by atoms with Gasteiger partial charge in [-0.15, -0.1) is 0 Å². The van der Waals surface area contributed by atoms with Crippen molar-refractivity contribution in [3.05, 3.63) is 30.3 Å². The second-order valence-corrected chi connectivity index (χ2v) is 4.71. The highest BCUT2D eigenvalue weighted by molar-refractivity contribution is 7.89. The molecule has 16 heavy (non-hydrogen) atoms. The molecule has 0 bridgehead atoms. The van der Waals surface area contributed by atoms with Crippen molar-refractivity contribution in [2.45, 2.75) is 4.90 Å². The van der Waals surface area contributed by atoms with Gasteiger partial charge in [-0.3, -0.25) is 0 Å². The second-order valence-electron chi connectivity index (χ2n) is 2.94. The number of carboxylic acid groups (broad SMARTS) is 1. The third-order valence-corrected chi connectivity index (χ3v) is 3.22. The summed E-state index contributed by atoms with van der Waals surface area (Å²) in [4.78, 5) is 10.3. The van der Waals surface area contributed by atoms with E-state index in [0.717, 1.165) is 0 Å². The highest BCUT2D eigenvalue weighted by atomic mass is 32.2. The van der Waals surface area contributed by atoms with Crippen LogP contribution in [0.1, 0.15) is 0 Å². The molecule has 3 N–H and O–H groups in total. The zero-order valence-electron chi connectivity index (χ0n) is 8.38.